The van der Waals surface area contributed by atoms with Gasteiger partial charge in [-0.05, 0) is 20.3 Å². The second-order valence-corrected chi connectivity index (χ2v) is 7.22. The minimum Gasteiger partial charge on any atom is -0.481 e. The first-order valence-corrected chi connectivity index (χ1v) is 8.44. The quantitative estimate of drug-likeness (QED) is 0.647. The van der Waals surface area contributed by atoms with E-state index in [9.17, 15) is 18.0 Å². The lowest BCUT2D eigenvalue weighted by atomic mass is 10.2. The number of carboxylic acid groups (broad SMARTS) is 1. The van der Waals surface area contributed by atoms with Gasteiger partial charge in [0.2, 0.25) is 15.9 Å². The van der Waals surface area contributed by atoms with Gasteiger partial charge in [-0.2, -0.15) is 4.31 Å². The number of carboxylic acids is 1. The first kappa shape index (κ1) is 17.9. The molecule has 1 heterocycles. The van der Waals surface area contributed by atoms with Crippen LogP contribution in [0.15, 0.2) is 0 Å². The zero-order chi connectivity index (χ0) is 16.0. The maximum Gasteiger partial charge on any atom is 0.303 e. The number of carbonyl (C=O) groups is 2. The van der Waals surface area contributed by atoms with Crippen molar-refractivity contribution in [2.75, 3.05) is 25.5 Å². The minimum absolute atomic E-state index is 0.0106. The van der Waals surface area contributed by atoms with Crippen molar-refractivity contribution in [3.05, 3.63) is 0 Å². The maximum atomic E-state index is 12.3. The SMILES string of the molecule is CC(C)NC(=O)C1COCCN1S(=O)(=O)CCCC(=O)O. The highest BCUT2D eigenvalue weighted by atomic mass is 32.2. The molecule has 1 saturated heterocycles. The average molecular weight is 322 g/mol. The van der Waals surface area contributed by atoms with Crippen molar-refractivity contribution in [2.24, 2.45) is 0 Å². The fourth-order valence-electron chi connectivity index (χ4n) is 2.03. The first-order valence-electron chi connectivity index (χ1n) is 6.83. The van der Waals surface area contributed by atoms with Gasteiger partial charge >= 0.3 is 5.97 Å². The number of aliphatic carboxylic acids is 1. The molecule has 0 saturated carbocycles. The molecule has 0 bridgehead atoms. The lowest BCUT2D eigenvalue weighted by Crippen LogP contribution is -2.57. The number of sulfonamides is 1. The molecule has 1 unspecified atom stereocenters. The van der Waals surface area contributed by atoms with Crippen LogP contribution < -0.4 is 5.32 Å². The van der Waals surface area contributed by atoms with Crippen LogP contribution in [0.1, 0.15) is 26.7 Å². The summed E-state index contributed by atoms with van der Waals surface area (Å²) in [7, 11) is -3.68. The molecule has 21 heavy (non-hydrogen) atoms. The summed E-state index contributed by atoms with van der Waals surface area (Å²) in [6.45, 7) is 3.91. The third-order valence-electron chi connectivity index (χ3n) is 2.96. The Bertz CT molecular complexity index is 476. The molecule has 9 heteroatoms. The van der Waals surface area contributed by atoms with E-state index in [1.54, 1.807) is 13.8 Å². The topological polar surface area (TPSA) is 113 Å². The van der Waals surface area contributed by atoms with Gasteiger partial charge in [0.25, 0.3) is 0 Å². The van der Waals surface area contributed by atoms with Crippen LogP contribution in [0.5, 0.6) is 0 Å². The summed E-state index contributed by atoms with van der Waals surface area (Å²) in [5.74, 6) is -1.72. The summed E-state index contributed by atoms with van der Waals surface area (Å²) in [6, 6.07) is -0.994. The van der Waals surface area contributed by atoms with Crippen LogP contribution in [0.4, 0.5) is 0 Å². The van der Waals surface area contributed by atoms with Crippen LogP contribution >= 0.6 is 0 Å². The third-order valence-corrected chi connectivity index (χ3v) is 4.92. The number of morpholine rings is 1. The van der Waals surface area contributed by atoms with E-state index in [0.717, 1.165) is 4.31 Å². The zero-order valence-corrected chi connectivity index (χ0v) is 13.1. The molecule has 0 spiro atoms. The molecule has 8 nitrogen and oxygen atoms in total. The molecule has 2 N–H and O–H groups in total. The number of carbonyl (C=O) groups excluding carboxylic acids is 1. The Hall–Kier alpha value is -1.19. The van der Waals surface area contributed by atoms with Gasteiger partial charge in [0.05, 0.1) is 19.0 Å². The number of ether oxygens (including phenoxy) is 1. The van der Waals surface area contributed by atoms with Crippen LogP contribution in [-0.2, 0) is 24.3 Å². The van der Waals surface area contributed by atoms with E-state index in [2.05, 4.69) is 5.32 Å². The molecular formula is C12H22N2O6S. The molecule has 0 aromatic carbocycles. The summed E-state index contributed by atoms with van der Waals surface area (Å²) in [4.78, 5) is 22.5. The highest BCUT2D eigenvalue weighted by molar-refractivity contribution is 7.89. The highest BCUT2D eigenvalue weighted by Crippen LogP contribution is 2.15. The first-order chi connectivity index (χ1) is 9.74. The molecule has 0 radical (unpaired) electrons. The highest BCUT2D eigenvalue weighted by Gasteiger charge is 2.37. The Morgan fingerprint density at radius 2 is 2.10 bits per heavy atom. The molecule has 0 aromatic rings. The molecule has 1 aliphatic rings. The van der Waals surface area contributed by atoms with Crippen molar-refractivity contribution in [3.63, 3.8) is 0 Å². The maximum absolute atomic E-state index is 12.3. The van der Waals surface area contributed by atoms with Gasteiger partial charge in [0.1, 0.15) is 6.04 Å². The van der Waals surface area contributed by atoms with Gasteiger partial charge in [-0.3, -0.25) is 9.59 Å². The third kappa shape index (κ3) is 5.60. The van der Waals surface area contributed by atoms with Crippen molar-refractivity contribution in [2.45, 2.75) is 38.8 Å². The molecule has 0 aromatic heterocycles. The number of hydrogen-bond acceptors (Lipinski definition) is 5. The summed E-state index contributed by atoms with van der Waals surface area (Å²) in [5, 5.41) is 11.2. The summed E-state index contributed by atoms with van der Waals surface area (Å²) in [5.41, 5.74) is 0. The van der Waals surface area contributed by atoms with Gasteiger partial charge < -0.3 is 15.2 Å². The Morgan fingerprint density at radius 1 is 1.43 bits per heavy atom. The molecular weight excluding hydrogens is 300 g/mol. The molecule has 122 valence electrons. The number of nitrogens with one attached hydrogen (secondary N) is 1. The smallest absolute Gasteiger partial charge is 0.303 e. The number of amides is 1. The van der Waals surface area contributed by atoms with E-state index in [1.807, 2.05) is 0 Å². The largest absolute Gasteiger partial charge is 0.481 e. The molecule has 1 rings (SSSR count). The van der Waals surface area contributed by atoms with Gasteiger partial charge in [0.15, 0.2) is 0 Å². The van der Waals surface area contributed by atoms with E-state index in [-0.39, 0.29) is 44.4 Å². The molecule has 0 aliphatic carbocycles. The van der Waals surface area contributed by atoms with Crippen LogP contribution in [0.25, 0.3) is 0 Å². The average Bonchev–Trinajstić information content (AvgIpc) is 2.37. The van der Waals surface area contributed by atoms with Crippen LogP contribution in [0.3, 0.4) is 0 Å². The summed E-state index contributed by atoms with van der Waals surface area (Å²) < 4.78 is 30.8. The van der Waals surface area contributed by atoms with Crippen LogP contribution in [-0.4, -0.2) is 67.3 Å². The Labute approximate surface area is 124 Å². The van der Waals surface area contributed by atoms with Crippen molar-refractivity contribution in [1.29, 1.82) is 0 Å². The normalized spacial score (nSPS) is 20.4. The molecule has 1 atom stereocenters. The standard InChI is InChI=1S/C12H22N2O6S/c1-9(2)13-12(17)10-8-20-6-5-14(10)21(18,19)7-3-4-11(15)16/h9-10H,3-8H2,1-2H3,(H,13,17)(H,15,16). The van der Waals surface area contributed by atoms with Crippen LogP contribution in [0.2, 0.25) is 0 Å². The van der Waals surface area contributed by atoms with Gasteiger partial charge in [-0.15, -0.1) is 0 Å². The lowest BCUT2D eigenvalue weighted by Gasteiger charge is -2.34. The molecule has 1 amide bonds. The van der Waals surface area contributed by atoms with Crippen molar-refractivity contribution < 1.29 is 27.9 Å². The van der Waals surface area contributed by atoms with E-state index < -0.39 is 27.9 Å². The fraction of sp³-hybridized carbons (Fsp3) is 0.833. The monoisotopic (exact) mass is 322 g/mol. The van der Waals surface area contributed by atoms with Gasteiger partial charge in [-0.25, -0.2) is 8.42 Å². The fourth-order valence-corrected chi connectivity index (χ4v) is 3.67. The predicted octanol–water partition coefficient (Wildman–Crippen LogP) is -0.594. The van der Waals surface area contributed by atoms with Crippen molar-refractivity contribution >= 4 is 21.9 Å². The molecule has 1 fully saturated rings. The van der Waals surface area contributed by atoms with Gasteiger partial charge in [-0.1, -0.05) is 0 Å². The second-order valence-electron chi connectivity index (χ2n) is 5.18. The second kappa shape index (κ2) is 7.71. The Morgan fingerprint density at radius 3 is 2.67 bits per heavy atom. The Balaban J connectivity index is 2.75. The van der Waals surface area contributed by atoms with E-state index >= 15 is 0 Å². The lowest BCUT2D eigenvalue weighted by molar-refractivity contribution is -0.137. The van der Waals surface area contributed by atoms with Crippen molar-refractivity contribution in [3.8, 4) is 0 Å². The van der Waals surface area contributed by atoms with E-state index in [1.165, 1.54) is 0 Å². The van der Waals surface area contributed by atoms with E-state index in [4.69, 9.17) is 9.84 Å². The Kier molecular flexibility index (Phi) is 6.56. The summed E-state index contributed by atoms with van der Waals surface area (Å²) >= 11 is 0. The molecule has 1 aliphatic heterocycles. The zero-order valence-electron chi connectivity index (χ0n) is 12.2. The van der Waals surface area contributed by atoms with Crippen molar-refractivity contribution in [1.82, 2.24) is 9.62 Å². The van der Waals surface area contributed by atoms with Crippen LogP contribution in [0, 0.1) is 0 Å². The number of nitrogens with zero attached hydrogens (tertiary/aromatic N) is 1. The van der Waals surface area contributed by atoms with E-state index in [0.29, 0.717) is 0 Å². The summed E-state index contributed by atoms with van der Waals surface area (Å²) in [6.07, 6.45) is -0.194. The predicted molar refractivity (Wildman–Crippen MR) is 75.2 cm³/mol. The van der Waals surface area contributed by atoms with Gasteiger partial charge in [0, 0.05) is 19.0 Å². The number of rotatable bonds is 7. The number of hydrogen-bond donors (Lipinski definition) is 2. The minimum atomic E-state index is -3.68.